The second-order valence-corrected chi connectivity index (χ2v) is 8.07. The molecule has 0 aliphatic rings. The van der Waals surface area contributed by atoms with E-state index < -0.39 is 11.9 Å². The number of hydrogen-bond donors (Lipinski definition) is 2. The molecule has 2 aromatic heterocycles. The largest absolute Gasteiger partial charge is 0.325 e. The number of hydrogen-bond acceptors (Lipinski definition) is 5. The number of carbonyl (C=O) groups is 2. The van der Waals surface area contributed by atoms with Crippen LogP contribution in [-0.4, -0.2) is 32.3 Å². The van der Waals surface area contributed by atoms with Crippen LogP contribution >= 0.6 is 11.8 Å². The van der Waals surface area contributed by atoms with Gasteiger partial charge >= 0.3 is 6.03 Å². The molecule has 0 aliphatic heterocycles. The zero-order valence-electron chi connectivity index (χ0n) is 16.9. The number of imide groups is 1. The molecule has 30 heavy (non-hydrogen) atoms. The fourth-order valence-electron chi connectivity index (χ4n) is 3.37. The lowest BCUT2D eigenvalue weighted by molar-refractivity contribution is -0.117. The molecule has 0 atom stereocenters. The van der Waals surface area contributed by atoms with E-state index >= 15 is 0 Å². The lowest BCUT2D eigenvalue weighted by Gasteiger charge is -2.10. The SMILES string of the molecule is Cc1ccc(NC(=O)NC(=O)CSc2nnc3cc(C)c4ccccc4n23)c(C)c1. The second kappa shape index (κ2) is 8.16. The smallest absolute Gasteiger partial charge is 0.307 e. The molecule has 2 aromatic carbocycles. The number of urea groups is 1. The first-order valence-corrected chi connectivity index (χ1v) is 10.5. The minimum absolute atomic E-state index is 0.0449. The van der Waals surface area contributed by atoms with E-state index in [9.17, 15) is 9.59 Å². The molecule has 2 heterocycles. The molecule has 2 N–H and O–H groups in total. The van der Waals surface area contributed by atoms with Crippen molar-refractivity contribution in [1.82, 2.24) is 19.9 Å². The number of thioether (sulfide) groups is 1. The van der Waals surface area contributed by atoms with Crippen LogP contribution in [0.15, 0.2) is 53.7 Å². The van der Waals surface area contributed by atoms with Gasteiger partial charge in [-0.25, -0.2) is 4.79 Å². The molecule has 0 aliphatic carbocycles. The van der Waals surface area contributed by atoms with Crippen LogP contribution in [0.3, 0.4) is 0 Å². The Hall–Kier alpha value is -3.39. The number of benzene rings is 2. The van der Waals surface area contributed by atoms with Crippen molar-refractivity contribution >= 4 is 45.9 Å². The van der Waals surface area contributed by atoms with Crippen molar-refractivity contribution < 1.29 is 9.59 Å². The molecule has 7 nitrogen and oxygen atoms in total. The Labute approximate surface area is 177 Å². The highest BCUT2D eigenvalue weighted by Gasteiger charge is 2.14. The van der Waals surface area contributed by atoms with Crippen molar-refractivity contribution in [2.24, 2.45) is 0 Å². The van der Waals surface area contributed by atoms with Crippen LogP contribution in [0.5, 0.6) is 0 Å². The summed E-state index contributed by atoms with van der Waals surface area (Å²) in [6.45, 7) is 5.92. The number of carbonyl (C=O) groups excluding carboxylic acids is 2. The predicted octanol–water partition coefficient (Wildman–Crippen LogP) is 4.25. The monoisotopic (exact) mass is 419 g/mol. The Morgan fingerprint density at radius 3 is 2.60 bits per heavy atom. The van der Waals surface area contributed by atoms with Crippen molar-refractivity contribution in [3.63, 3.8) is 0 Å². The molecular formula is C22H21N5O2S. The van der Waals surface area contributed by atoms with Gasteiger partial charge in [0.1, 0.15) is 0 Å². The molecule has 0 saturated carbocycles. The molecule has 0 unspecified atom stereocenters. The van der Waals surface area contributed by atoms with Crippen LogP contribution in [-0.2, 0) is 4.79 Å². The molecule has 4 rings (SSSR count). The molecule has 0 fully saturated rings. The first kappa shape index (κ1) is 19.9. The minimum Gasteiger partial charge on any atom is -0.307 e. The van der Waals surface area contributed by atoms with Crippen LogP contribution in [0.4, 0.5) is 10.5 Å². The van der Waals surface area contributed by atoms with E-state index in [0.29, 0.717) is 10.8 Å². The van der Waals surface area contributed by atoms with E-state index in [2.05, 4.69) is 20.8 Å². The van der Waals surface area contributed by atoms with Gasteiger partial charge in [0.15, 0.2) is 10.8 Å². The maximum absolute atomic E-state index is 12.3. The van der Waals surface area contributed by atoms with Gasteiger partial charge < -0.3 is 5.32 Å². The van der Waals surface area contributed by atoms with E-state index in [-0.39, 0.29) is 5.75 Å². The van der Waals surface area contributed by atoms with E-state index in [1.54, 1.807) is 0 Å². The van der Waals surface area contributed by atoms with Gasteiger partial charge in [-0.05, 0) is 50.1 Å². The first-order valence-electron chi connectivity index (χ1n) is 9.47. The molecular weight excluding hydrogens is 398 g/mol. The van der Waals surface area contributed by atoms with Gasteiger partial charge in [-0.2, -0.15) is 0 Å². The van der Waals surface area contributed by atoms with E-state index in [1.165, 1.54) is 11.8 Å². The number of para-hydroxylation sites is 1. The van der Waals surface area contributed by atoms with E-state index in [0.717, 1.165) is 33.2 Å². The van der Waals surface area contributed by atoms with Crippen LogP contribution in [0.1, 0.15) is 16.7 Å². The van der Waals surface area contributed by atoms with Crippen LogP contribution < -0.4 is 10.6 Å². The number of nitrogens with one attached hydrogen (secondary N) is 2. The highest BCUT2D eigenvalue weighted by Crippen LogP contribution is 2.25. The van der Waals surface area contributed by atoms with Gasteiger partial charge in [-0.15, -0.1) is 10.2 Å². The number of amides is 3. The molecule has 3 amide bonds. The minimum atomic E-state index is -0.556. The Kier molecular flexibility index (Phi) is 5.41. The fraction of sp³-hybridized carbons (Fsp3) is 0.182. The molecule has 0 radical (unpaired) electrons. The second-order valence-electron chi connectivity index (χ2n) is 7.13. The number of rotatable bonds is 4. The molecule has 4 aromatic rings. The number of anilines is 1. The summed E-state index contributed by atoms with van der Waals surface area (Å²) >= 11 is 1.24. The molecule has 0 spiro atoms. The van der Waals surface area contributed by atoms with Crippen LogP contribution in [0.25, 0.3) is 16.6 Å². The van der Waals surface area contributed by atoms with Crippen LogP contribution in [0, 0.1) is 20.8 Å². The fourth-order valence-corrected chi connectivity index (χ4v) is 4.12. The van der Waals surface area contributed by atoms with Crippen LogP contribution in [0.2, 0.25) is 0 Å². The van der Waals surface area contributed by atoms with Crippen molar-refractivity contribution in [1.29, 1.82) is 0 Å². The van der Waals surface area contributed by atoms with Gasteiger partial charge in [0.25, 0.3) is 0 Å². The predicted molar refractivity (Wildman–Crippen MR) is 119 cm³/mol. The summed E-state index contributed by atoms with van der Waals surface area (Å²) < 4.78 is 1.93. The Balaban J connectivity index is 1.44. The van der Waals surface area contributed by atoms with E-state index in [1.807, 2.05) is 73.7 Å². The first-order chi connectivity index (χ1) is 14.4. The summed E-state index contributed by atoms with van der Waals surface area (Å²) in [6, 6.07) is 15.1. The zero-order chi connectivity index (χ0) is 21.3. The summed E-state index contributed by atoms with van der Waals surface area (Å²) in [5.41, 5.74) is 5.53. The van der Waals surface area contributed by atoms with E-state index in [4.69, 9.17) is 0 Å². The Bertz CT molecular complexity index is 1280. The quantitative estimate of drug-likeness (QED) is 0.483. The molecule has 8 heteroatoms. The summed E-state index contributed by atoms with van der Waals surface area (Å²) in [7, 11) is 0. The average molecular weight is 420 g/mol. The molecule has 0 saturated heterocycles. The Morgan fingerprint density at radius 2 is 1.80 bits per heavy atom. The van der Waals surface area contributed by atoms with Crippen molar-refractivity contribution in [2.75, 3.05) is 11.1 Å². The highest BCUT2D eigenvalue weighted by atomic mass is 32.2. The lowest BCUT2D eigenvalue weighted by atomic mass is 10.1. The summed E-state index contributed by atoms with van der Waals surface area (Å²) in [5.74, 6) is -0.362. The number of fused-ring (bicyclic) bond motifs is 3. The number of aryl methyl sites for hydroxylation is 3. The maximum atomic E-state index is 12.3. The number of nitrogens with zero attached hydrogens (tertiary/aromatic N) is 3. The van der Waals surface area contributed by atoms with Gasteiger partial charge in [0.2, 0.25) is 5.91 Å². The molecule has 152 valence electrons. The summed E-state index contributed by atoms with van der Waals surface area (Å²) in [5, 5.41) is 15.2. The third-order valence-corrected chi connectivity index (χ3v) is 5.72. The van der Waals surface area contributed by atoms with Gasteiger partial charge in [-0.3, -0.25) is 14.5 Å². The standard InChI is InChI=1S/C22H21N5O2S/c1-13-8-9-17(15(3)10-13)23-21(29)24-20(28)12-30-22-26-25-19-11-14(2)16-6-4-5-7-18(16)27(19)22/h4-11H,12H2,1-3H3,(H2,23,24,28,29). The topological polar surface area (TPSA) is 88.4 Å². The third-order valence-electron chi connectivity index (χ3n) is 4.79. The lowest BCUT2D eigenvalue weighted by Crippen LogP contribution is -2.35. The summed E-state index contributed by atoms with van der Waals surface area (Å²) in [6.07, 6.45) is 0. The number of pyridine rings is 1. The third kappa shape index (κ3) is 3.99. The highest BCUT2D eigenvalue weighted by molar-refractivity contribution is 7.99. The van der Waals surface area contributed by atoms with Crippen molar-refractivity contribution in [3.05, 3.63) is 65.2 Å². The molecule has 0 bridgehead atoms. The van der Waals surface area contributed by atoms with Gasteiger partial charge in [0.05, 0.1) is 11.3 Å². The normalized spacial score (nSPS) is 11.0. The zero-order valence-corrected chi connectivity index (χ0v) is 17.7. The van der Waals surface area contributed by atoms with Crippen molar-refractivity contribution in [2.45, 2.75) is 25.9 Å². The van der Waals surface area contributed by atoms with Crippen molar-refractivity contribution in [3.8, 4) is 0 Å². The van der Waals surface area contributed by atoms with Gasteiger partial charge in [0, 0.05) is 11.1 Å². The average Bonchev–Trinajstić information content (AvgIpc) is 3.11. The number of aromatic nitrogens is 3. The summed E-state index contributed by atoms with van der Waals surface area (Å²) in [4.78, 5) is 24.4. The Morgan fingerprint density at radius 1 is 1.00 bits per heavy atom. The van der Waals surface area contributed by atoms with Gasteiger partial charge in [-0.1, -0.05) is 47.7 Å². The maximum Gasteiger partial charge on any atom is 0.325 e.